The number of nitrogens with one attached hydrogen (secondary N) is 1. The van der Waals surface area contributed by atoms with Crippen molar-refractivity contribution in [2.45, 2.75) is 26.2 Å². The minimum absolute atomic E-state index is 0.642. The molecule has 0 aliphatic heterocycles. The van der Waals surface area contributed by atoms with Crippen molar-refractivity contribution in [3.05, 3.63) is 47.9 Å². The lowest BCUT2D eigenvalue weighted by Crippen LogP contribution is -1.92. The molecule has 2 aromatic heterocycles. The van der Waals surface area contributed by atoms with Crippen LogP contribution in [0.3, 0.4) is 0 Å². The van der Waals surface area contributed by atoms with Crippen LogP contribution in [0.15, 0.2) is 35.1 Å². The fourth-order valence-corrected chi connectivity index (χ4v) is 2.02. The van der Waals surface area contributed by atoms with Gasteiger partial charge in [-0.3, -0.25) is 5.10 Å². The molecule has 0 atom stereocenters. The maximum atomic E-state index is 5.27. The Morgan fingerprint density at radius 3 is 3.00 bits per heavy atom. The summed E-state index contributed by atoms with van der Waals surface area (Å²) in [7, 11) is 0. The van der Waals surface area contributed by atoms with E-state index in [2.05, 4.69) is 25.3 Å². The molecule has 20 heavy (non-hydrogen) atoms. The third-order valence-electron chi connectivity index (χ3n) is 3.01. The first-order valence-electron chi connectivity index (χ1n) is 6.55. The highest BCUT2D eigenvalue weighted by molar-refractivity contribution is 5.55. The van der Waals surface area contributed by atoms with Gasteiger partial charge in [0.15, 0.2) is 0 Å². The fraction of sp³-hybridized carbons (Fsp3) is 0.286. The maximum Gasteiger partial charge on any atom is 0.226 e. The van der Waals surface area contributed by atoms with Gasteiger partial charge in [-0.05, 0) is 19.4 Å². The summed E-state index contributed by atoms with van der Waals surface area (Å²) in [4.78, 5) is 8.49. The molecule has 0 amide bonds. The molecule has 0 fully saturated rings. The highest BCUT2D eigenvalue weighted by atomic mass is 16.5. The van der Waals surface area contributed by atoms with Gasteiger partial charge in [-0.25, -0.2) is 4.98 Å². The van der Waals surface area contributed by atoms with Crippen molar-refractivity contribution in [1.82, 2.24) is 25.3 Å². The van der Waals surface area contributed by atoms with Gasteiger partial charge in [-0.2, -0.15) is 10.1 Å². The second-order valence-electron chi connectivity index (χ2n) is 4.67. The van der Waals surface area contributed by atoms with Crippen molar-refractivity contribution in [3.63, 3.8) is 0 Å². The van der Waals surface area contributed by atoms with E-state index in [-0.39, 0.29) is 0 Å². The Morgan fingerprint density at radius 2 is 2.20 bits per heavy atom. The number of aryl methyl sites for hydroxylation is 3. The van der Waals surface area contributed by atoms with E-state index >= 15 is 0 Å². The van der Waals surface area contributed by atoms with Crippen LogP contribution in [0.4, 0.5) is 0 Å². The van der Waals surface area contributed by atoms with Gasteiger partial charge in [0.05, 0.1) is 0 Å². The van der Waals surface area contributed by atoms with Crippen molar-refractivity contribution in [3.8, 4) is 11.4 Å². The van der Waals surface area contributed by atoms with Crippen LogP contribution in [0.25, 0.3) is 11.4 Å². The van der Waals surface area contributed by atoms with E-state index in [1.807, 2.05) is 31.2 Å². The third-order valence-corrected chi connectivity index (χ3v) is 3.01. The van der Waals surface area contributed by atoms with Crippen molar-refractivity contribution < 1.29 is 4.52 Å². The fourth-order valence-electron chi connectivity index (χ4n) is 2.02. The monoisotopic (exact) mass is 269 g/mol. The zero-order valence-electron chi connectivity index (χ0n) is 11.2. The van der Waals surface area contributed by atoms with Gasteiger partial charge in [-0.1, -0.05) is 28.9 Å². The number of hydrogen-bond acceptors (Lipinski definition) is 5. The van der Waals surface area contributed by atoms with E-state index in [1.165, 1.54) is 11.9 Å². The lowest BCUT2D eigenvalue weighted by atomic mass is 10.1. The molecule has 1 N–H and O–H groups in total. The van der Waals surface area contributed by atoms with Gasteiger partial charge in [0, 0.05) is 18.4 Å². The van der Waals surface area contributed by atoms with Crippen LogP contribution in [0.2, 0.25) is 0 Å². The quantitative estimate of drug-likeness (QED) is 0.769. The molecule has 3 rings (SSSR count). The second kappa shape index (κ2) is 5.64. The predicted octanol–water partition coefficient (Wildman–Crippen LogP) is 2.34. The molecule has 0 radical (unpaired) electrons. The zero-order valence-corrected chi connectivity index (χ0v) is 11.2. The summed E-state index contributed by atoms with van der Waals surface area (Å²) in [5.74, 6) is 2.17. The molecule has 102 valence electrons. The summed E-state index contributed by atoms with van der Waals surface area (Å²) in [5, 5.41) is 10.7. The van der Waals surface area contributed by atoms with Crippen molar-refractivity contribution in [1.29, 1.82) is 0 Å². The lowest BCUT2D eigenvalue weighted by Gasteiger charge is -1.95. The topological polar surface area (TPSA) is 80.5 Å². The average Bonchev–Trinajstić information content (AvgIpc) is 3.10. The van der Waals surface area contributed by atoms with Crippen LogP contribution in [0.5, 0.6) is 0 Å². The van der Waals surface area contributed by atoms with Crippen LogP contribution in [0.1, 0.15) is 23.7 Å². The maximum absolute atomic E-state index is 5.27. The molecule has 6 nitrogen and oxygen atoms in total. The molecule has 0 bridgehead atoms. The van der Waals surface area contributed by atoms with Crippen LogP contribution < -0.4 is 0 Å². The Hall–Kier alpha value is -2.50. The highest BCUT2D eigenvalue weighted by Gasteiger charge is 2.08. The van der Waals surface area contributed by atoms with Gasteiger partial charge in [-0.15, -0.1) is 0 Å². The number of hydrogen-bond donors (Lipinski definition) is 1. The summed E-state index contributed by atoms with van der Waals surface area (Å²) >= 11 is 0. The molecular formula is C14H15N5O. The standard InChI is InChI=1S/C14H15N5O/c1-10-4-2-5-11(8-10)14-17-13(20-19-14)7-3-6-12-15-9-16-18-12/h2,4-5,8-9H,3,6-7H2,1H3,(H,15,16,18). The molecule has 3 aromatic rings. The van der Waals surface area contributed by atoms with Crippen LogP contribution in [-0.4, -0.2) is 25.3 Å². The average molecular weight is 269 g/mol. The summed E-state index contributed by atoms with van der Waals surface area (Å²) in [6.07, 6.45) is 3.96. The smallest absolute Gasteiger partial charge is 0.226 e. The first-order chi connectivity index (χ1) is 9.81. The molecule has 0 saturated carbocycles. The van der Waals surface area contributed by atoms with Crippen molar-refractivity contribution in [2.75, 3.05) is 0 Å². The minimum atomic E-state index is 0.642. The minimum Gasteiger partial charge on any atom is -0.339 e. The molecule has 2 heterocycles. The van der Waals surface area contributed by atoms with Gasteiger partial charge in [0.25, 0.3) is 0 Å². The van der Waals surface area contributed by atoms with Gasteiger partial charge in [0.2, 0.25) is 11.7 Å². The van der Waals surface area contributed by atoms with Crippen LogP contribution >= 0.6 is 0 Å². The third kappa shape index (κ3) is 2.90. The Bertz CT molecular complexity index is 674. The van der Waals surface area contributed by atoms with Gasteiger partial charge in [0.1, 0.15) is 12.2 Å². The Labute approximate surface area is 116 Å². The Balaban J connectivity index is 1.62. The van der Waals surface area contributed by atoms with E-state index in [4.69, 9.17) is 4.52 Å². The van der Waals surface area contributed by atoms with Crippen LogP contribution in [-0.2, 0) is 12.8 Å². The van der Waals surface area contributed by atoms with E-state index in [1.54, 1.807) is 0 Å². The molecule has 0 aliphatic rings. The molecule has 6 heteroatoms. The first-order valence-corrected chi connectivity index (χ1v) is 6.55. The summed E-state index contributed by atoms with van der Waals surface area (Å²) < 4.78 is 5.27. The Morgan fingerprint density at radius 1 is 1.25 bits per heavy atom. The number of nitrogens with zero attached hydrogens (tertiary/aromatic N) is 4. The SMILES string of the molecule is Cc1cccc(-c2noc(CCCc3ncn[nH]3)n2)c1. The van der Waals surface area contributed by atoms with Gasteiger partial charge >= 0.3 is 0 Å². The highest BCUT2D eigenvalue weighted by Crippen LogP contribution is 2.17. The number of aromatic nitrogens is 5. The van der Waals surface area contributed by atoms with E-state index < -0.39 is 0 Å². The largest absolute Gasteiger partial charge is 0.339 e. The molecule has 1 aromatic carbocycles. The summed E-state index contributed by atoms with van der Waals surface area (Å²) in [5.41, 5.74) is 2.16. The first kappa shape index (κ1) is 12.5. The molecule has 0 saturated heterocycles. The molecule has 0 unspecified atom stereocenters. The number of aromatic amines is 1. The van der Waals surface area contributed by atoms with E-state index in [0.29, 0.717) is 11.7 Å². The second-order valence-corrected chi connectivity index (χ2v) is 4.67. The molecule has 0 spiro atoms. The van der Waals surface area contributed by atoms with Gasteiger partial charge < -0.3 is 4.52 Å². The zero-order chi connectivity index (χ0) is 13.8. The van der Waals surface area contributed by atoms with Crippen molar-refractivity contribution in [2.24, 2.45) is 0 Å². The van der Waals surface area contributed by atoms with E-state index in [0.717, 1.165) is 30.7 Å². The number of benzene rings is 1. The van der Waals surface area contributed by atoms with Crippen LogP contribution in [0, 0.1) is 6.92 Å². The Kier molecular flexibility index (Phi) is 3.54. The predicted molar refractivity (Wildman–Crippen MR) is 72.9 cm³/mol. The summed E-state index contributed by atoms with van der Waals surface area (Å²) in [6, 6.07) is 8.06. The van der Waals surface area contributed by atoms with Crippen molar-refractivity contribution >= 4 is 0 Å². The molecule has 0 aliphatic carbocycles. The molecular weight excluding hydrogens is 254 g/mol. The lowest BCUT2D eigenvalue weighted by molar-refractivity contribution is 0.375. The summed E-state index contributed by atoms with van der Waals surface area (Å²) in [6.45, 7) is 2.04. The number of H-pyrrole nitrogens is 1. The van der Waals surface area contributed by atoms with E-state index in [9.17, 15) is 0 Å². The normalized spacial score (nSPS) is 10.8. The number of rotatable bonds is 5.